The SMILES string of the molecule is CO.O=CC1CCNC1.O=CO. The first kappa shape index (κ1) is 13.6. The van der Waals surface area contributed by atoms with Crippen molar-refractivity contribution >= 4 is 12.8 Å². The maximum absolute atomic E-state index is 9.97. The number of aliphatic hydroxyl groups excluding tert-OH is 1. The largest absolute Gasteiger partial charge is 0.483 e. The molecule has 3 N–H and O–H groups in total. The van der Waals surface area contributed by atoms with Crippen LogP contribution in [0.15, 0.2) is 0 Å². The van der Waals surface area contributed by atoms with Crippen LogP contribution in [-0.4, -0.2) is 43.2 Å². The normalized spacial score (nSPS) is 19.3. The lowest BCUT2D eigenvalue weighted by Gasteiger charge is -1.89. The highest BCUT2D eigenvalue weighted by Gasteiger charge is 2.11. The second-order valence-corrected chi connectivity index (χ2v) is 1.99. The van der Waals surface area contributed by atoms with E-state index in [1.807, 2.05) is 0 Å². The Hall–Kier alpha value is -0.940. The molecule has 12 heavy (non-hydrogen) atoms. The van der Waals surface area contributed by atoms with E-state index in [9.17, 15) is 4.79 Å². The van der Waals surface area contributed by atoms with E-state index in [1.54, 1.807) is 0 Å². The summed E-state index contributed by atoms with van der Waals surface area (Å²) >= 11 is 0. The van der Waals surface area contributed by atoms with Gasteiger partial charge in [-0.05, 0) is 13.0 Å². The van der Waals surface area contributed by atoms with Crippen molar-refractivity contribution in [1.29, 1.82) is 0 Å². The fourth-order valence-corrected chi connectivity index (χ4v) is 0.793. The third-order valence-electron chi connectivity index (χ3n) is 1.29. The Kier molecular flexibility index (Phi) is 14.4. The Morgan fingerprint density at radius 2 is 1.92 bits per heavy atom. The first-order valence-electron chi connectivity index (χ1n) is 3.53. The van der Waals surface area contributed by atoms with Crippen molar-refractivity contribution < 1.29 is 19.8 Å². The Morgan fingerprint density at radius 3 is 2.08 bits per heavy atom. The number of nitrogens with one attached hydrogen (secondary N) is 1. The van der Waals surface area contributed by atoms with Crippen molar-refractivity contribution in [1.82, 2.24) is 5.32 Å². The summed E-state index contributed by atoms with van der Waals surface area (Å²) in [5, 5.41) is 17.0. The van der Waals surface area contributed by atoms with Gasteiger partial charge in [0, 0.05) is 19.6 Å². The summed E-state index contributed by atoms with van der Waals surface area (Å²) in [6, 6.07) is 0. The minimum Gasteiger partial charge on any atom is -0.483 e. The van der Waals surface area contributed by atoms with Gasteiger partial charge in [-0.1, -0.05) is 0 Å². The van der Waals surface area contributed by atoms with Crippen molar-refractivity contribution in [2.75, 3.05) is 20.2 Å². The molecule has 0 amide bonds. The van der Waals surface area contributed by atoms with Gasteiger partial charge in [0.05, 0.1) is 0 Å². The predicted octanol–water partition coefficient (Wildman–Crippen LogP) is -0.896. The summed E-state index contributed by atoms with van der Waals surface area (Å²) in [5.41, 5.74) is 0. The summed E-state index contributed by atoms with van der Waals surface area (Å²) in [7, 11) is 1.00. The summed E-state index contributed by atoms with van der Waals surface area (Å²) < 4.78 is 0. The zero-order valence-electron chi connectivity index (χ0n) is 7.06. The Labute approximate surface area is 71.4 Å². The molecule has 1 aliphatic rings. The Morgan fingerprint density at radius 1 is 1.42 bits per heavy atom. The summed E-state index contributed by atoms with van der Waals surface area (Å²) in [4.78, 5) is 18.3. The monoisotopic (exact) mass is 177 g/mol. The minimum absolute atomic E-state index is 0.250. The smallest absolute Gasteiger partial charge is 0.290 e. The van der Waals surface area contributed by atoms with Crippen molar-refractivity contribution in [3.8, 4) is 0 Å². The predicted molar refractivity (Wildman–Crippen MR) is 43.9 cm³/mol. The number of carbonyl (C=O) groups excluding carboxylic acids is 1. The molecule has 5 heteroatoms. The molecule has 1 atom stereocenters. The van der Waals surface area contributed by atoms with E-state index in [0.717, 1.165) is 32.9 Å². The third kappa shape index (κ3) is 9.06. The lowest BCUT2D eigenvalue weighted by atomic mass is 10.2. The molecule has 0 radical (unpaired) electrons. The van der Waals surface area contributed by atoms with E-state index < -0.39 is 0 Å². The number of aldehydes is 1. The van der Waals surface area contributed by atoms with Gasteiger partial charge >= 0.3 is 0 Å². The topological polar surface area (TPSA) is 86.6 Å². The van der Waals surface area contributed by atoms with Gasteiger partial charge in [-0.15, -0.1) is 0 Å². The molecule has 1 aliphatic heterocycles. The molecule has 5 nitrogen and oxygen atoms in total. The Bertz CT molecular complexity index is 102. The van der Waals surface area contributed by atoms with Crippen molar-refractivity contribution in [2.24, 2.45) is 5.92 Å². The van der Waals surface area contributed by atoms with Gasteiger partial charge in [-0.2, -0.15) is 0 Å². The molecule has 1 heterocycles. The second kappa shape index (κ2) is 12.7. The van der Waals surface area contributed by atoms with Crippen LogP contribution in [0, 0.1) is 5.92 Å². The van der Waals surface area contributed by atoms with E-state index in [-0.39, 0.29) is 6.47 Å². The first-order chi connectivity index (χ1) is 5.85. The zero-order chi connectivity index (χ0) is 9.82. The number of rotatable bonds is 1. The lowest BCUT2D eigenvalue weighted by Crippen LogP contribution is -2.09. The van der Waals surface area contributed by atoms with Gasteiger partial charge in [0.1, 0.15) is 6.29 Å². The molecule has 0 aromatic rings. The molecule has 1 fully saturated rings. The average Bonchev–Trinajstić information content (AvgIpc) is 2.61. The number of hydrogen-bond acceptors (Lipinski definition) is 4. The molecule has 0 aromatic heterocycles. The second-order valence-electron chi connectivity index (χ2n) is 1.99. The summed E-state index contributed by atoms with van der Waals surface area (Å²) in [6.45, 7) is 1.66. The molecule has 1 rings (SSSR count). The Balaban J connectivity index is 0. The zero-order valence-corrected chi connectivity index (χ0v) is 7.06. The van der Waals surface area contributed by atoms with Crippen LogP contribution in [0.1, 0.15) is 6.42 Å². The van der Waals surface area contributed by atoms with Gasteiger partial charge in [0.2, 0.25) is 0 Å². The molecule has 72 valence electrons. The van der Waals surface area contributed by atoms with Gasteiger partial charge in [-0.25, -0.2) is 0 Å². The average molecular weight is 177 g/mol. The highest BCUT2D eigenvalue weighted by Crippen LogP contribution is 2.01. The lowest BCUT2D eigenvalue weighted by molar-refractivity contribution is -0.122. The first-order valence-corrected chi connectivity index (χ1v) is 3.53. The minimum atomic E-state index is -0.250. The van der Waals surface area contributed by atoms with E-state index >= 15 is 0 Å². The van der Waals surface area contributed by atoms with Crippen LogP contribution in [0.3, 0.4) is 0 Å². The number of hydrogen-bond donors (Lipinski definition) is 3. The van der Waals surface area contributed by atoms with E-state index in [1.165, 1.54) is 0 Å². The van der Waals surface area contributed by atoms with Gasteiger partial charge in [0.15, 0.2) is 0 Å². The number of carbonyl (C=O) groups is 2. The standard InChI is InChI=1S/C5H9NO.CH2O2.CH4O/c7-4-5-1-2-6-3-5;2-1-3;1-2/h4-6H,1-3H2;1H,(H,2,3);2H,1H3. The molecule has 1 saturated heterocycles. The highest BCUT2D eigenvalue weighted by molar-refractivity contribution is 5.54. The van der Waals surface area contributed by atoms with Crippen LogP contribution in [0.25, 0.3) is 0 Å². The van der Waals surface area contributed by atoms with Crippen LogP contribution in [0.4, 0.5) is 0 Å². The quantitative estimate of drug-likeness (QED) is 0.452. The van der Waals surface area contributed by atoms with Crippen LogP contribution in [0.2, 0.25) is 0 Å². The number of carboxylic acid groups (broad SMARTS) is 1. The molecule has 0 saturated carbocycles. The maximum Gasteiger partial charge on any atom is 0.290 e. The molecule has 0 aromatic carbocycles. The van der Waals surface area contributed by atoms with Gasteiger partial charge in [0.25, 0.3) is 6.47 Å². The fraction of sp³-hybridized carbons (Fsp3) is 0.714. The molecule has 0 spiro atoms. The molecular weight excluding hydrogens is 162 g/mol. The summed E-state index contributed by atoms with van der Waals surface area (Å²) in [5.74, 6) is 0.306. The van der Waals surface area contributed by atoms with E-state index in [0.29, 0.717) is 5.92 Å². The van der Waals surface area contributed by atoms with Crippen LogP contribution in [0.5, 0.6) is 0 Å². The van der Waals surface area contributed by atoms with Crippen LogP contribution >= 0.6 is 0 Å². The van der Waals surface area contributed by atoms with Crippen LogP contribution in [-0.2, 0) is 9.59 Å². The maximum atomic E-state index is 9.97. The van der Waals surface area contributed by atoms with Crippen LogP contribution < -0.4 is 5.32 Å². The fourth-order valence-electron chi connectivity index (χ4n) is 0.793. The van der Waals surface area contributed by atoms with Crippen molar-refractivity contribution in [2.45, 2.75) is 6.42 Å². The molecule has 0 aliphatic carbocycles. The van der Waals surface area contributed by atoms with E-state index in [4.69, 9.17) is 15.0 Å². The molecule has 0 bridgehead atoms. The molecule has 1 unspecified atom stereocenters. The van der Waals surface area contributed by atoms with E-state index in [2.05, 4.69) is 5.32 Å². The van der Waals surface area contributed by atoms with Gasteiger partial charge in [-0.3, -0.25) is 4.79 Å². The number of aliphatic hydroxyl groups is 1. The van der Waals surface area contributed by atoms with Crippen molar-refractivity contribution in [3.05, 3.63) is 0 Å². The summed E-state index contributed by atoms with van der Waals surface area (Å²) in [6.07, 6.45) is 2.06. The molecular formula is C7H15NO4. The highest BCUT2D eigenvalue weighted by atomic mass is 16.3. The van der Waals surface area contributed by atoms with Gasteiger partial charge < -0.3 is 20.3 Å². The third-order valence-corrected chi connectivity index (χ3v) is 1.29. The van der Waals surface area contributed by atoms with Crippen molar-refractivity contribution in [3.63, 3.8) is 0 Å².